The summed E-state index contributed by atoms with van der Waals surface area (Å²) in [6.45, 7) is 3.32. The van der Waals surface area contributed by atoms with Crippen molar-refractivity contribution < 1.29 is 9.15 Å². The standard InChI is InChI=1S/C9H13ClN2O2/c10-6-8-7-14-9(11-8)12-2-1-4-13-5-3-12/h7H,1-6H2. The molecule has 1 fully saturated rings. The lowest BCUT2D eigenvalue weighted by atomic mass is 10.4. The Morgan fingerprint density at radius 2 is 2.36 bits per heavy atom. The fraction of sp³-hybridized carbons (Fsp3) is 0.667. The van der Waals surface area contributed by atoms with Gasteiger partial charge in [0, 0.05) is 19.7 Å². The first-order chi connectivity index (χ1) is 6.90. The summed E-state index contributed by atoms with van der Waals surface area (Å²) in [5, 5.41) is 0. The van der Waals surface area contributed by atoms with Gasteiger partial charge >= 0.3 is 0 Å². The van der Waals surface area contributed by atoms with Crippen LogP contribution in [0.15, 0.2) is 10.7 Å². The summed E-state index contributed by atoms with van der Waals surface area (Å²) in [7, 11) is 0. The van der Waals surface area contributed by atoms with Crippen LogP contribution < -0.4 is 4.90 Å². The Morgan fingerprint density at radius 1 is 1.43 bits per heavy atom. The lowest BCUT2D eigenvalue weighted by Crippen LogP contribution is -2.26. The molecule has 0 unspecified atom stereocenters. The van der Waals surface area contributed by atoms with Gasteiger partial charge in [-0.1, -0.05) is 0 Å². The summed E-state index contributed by atoms with van der Waals surface area (Å²) < 4.78 is 10.7. The molecule has 1 aliphatic rings. The van der Waals surface area contributed by atoms with Gasteiger partial charge in [0.2, 0.25) is 0 Å². The van der Waals surface area contributed by atoms with Crippen molar-refractivity contribution in [2.24, 2.45) is 0 Å². The Labute approximate surface area is 87.8 Å². The van der Waals surface area contributed by atoms with E-state index in [0.29, 0.717) is 11.9 Å². The molecule has 1 saturated heterocycles. The number of oxazole rings is 1. The Kier molecular flexibility index (Phi) is 3.26. The number of aromatic nitrogens is 1. The molecule has 0 radical (unpaired) electrons. The largest absolute Gasteiger partial charge is 0.432 e. The van der Waals surface area contributed by atoms with Gasteiger partial charge in [-0.05, 0) is 6.42 Å². The van der Waals surface area contributed by atoms with Crippen molar-refractivity contribution in [1.29, 1.82) is 0 Å². The van der Waals surface area contributed by atoms with E-state index < -0.39 is 0 Å². The van der Waals surface area contributed by atoms with E-state index in [1.165, 1.54) is 0 Å². The molecular formula is C9H13ClN2O2. The Morgan fingerprint density at radius 3 is 3.14 bits per heavy atom. The SMILES string of the molecule is ClCc1coc(N2CCCOCC2)n1. The topological polar surface area (TPSA) is 38.5 Å². The van der Waals surface area contributed by atoms with Gasteiger partial charge in [-0.15, -0.1) is 11.6 Å². The summed E-state index contributed by atoms with van der Waals surface area (Å²) in [5.74, 6) is 0.397. The van der Waals surface area contributed by atoms with Crippen LogP contribution in [0.1, 0.15) is 12.1 Å². The first-order valence-corrected chi connectivity index (χ1v) is 5.26. The summed E-state index contributed by atoms with van der Waals surface area (Å²) >= 11 is 5.65. The van der Waals surface area contributed by atoms with E-state index in [-0.39, 0.29) is 0 Å². The molecule has 78 valence electrons. The van der Waals surface area contributed by atoms with Gasteiger partial charge in [0.05, 0.1) is 18.2 Å². The van der Waals surface area contributed by atoms with Gasteiger partial charge in [0.25, 0.3) is 6.01 Å². The van der Waals surface area contributed by atoms with Crippen LogP contribution in [0.3, 0.4) is 0 Å². The van der Waals surface area contributed by atoms with Crippen LogP contribution in [0.5, 0.6) is 0 Å². The minimum Gasteiger partial charge on any atom is -0.432 e. The van der Waals surface area contributed by atoms with Gasteiger partial charge in [0.1, 0.15) is 6.26 Å². The number of rotatable bonds is 2. The maximum Gasteiger partial charge on any atom is 0.297 e. The fourth-order valence-electron chi connectivity index (χ4n) is 1.44. The molecule has 0 atom stereocenters. The number of alkyl halides is 1. The van der Waals surface area contributed by atoms with Crippen molar-refractivity contribution >= 4 is 17.6 Å². The second-order valence-corrected chi connectivity index (χ2v) is 3.48. The van der Waals surface area contributed by atoms with Crippen LogP contribution in [0.25, 0.3) is 0 Å². The predicted molar refractivity (Wildman–Crippen MR) is 53.7 cm³/mol. The molecule has 2 rings (SSSR count). The highest BCUT2D eigenvalue weighted by Crippen LogP contribution is 2.16. The van der Waals surface area contributed by atoms with E-state index in [2.05, 4.69) is 9.88 Å². The third-order valence-corrected chi connectivity index (χ3v) is 2.44. The average Bonchev–Trinajstić information content (AvgIpc) is 2.53. The minimum absolute atomic E-state index is 0.397. The van der Waals surface area contributed by atoms with Crippen molar-refractivity contribution in [1.82, 2.24) is 4.98 Å². The quantitative estimate of drug-likeness (QED) is 0.705. The van der Waals surface area contributed by atoms with Crippen LogP contribution in [0.2, 0.25) is 0 Å². The summed E-state index contributed by atoms with van der Waals surface area (Å²) in [5.41, 5.74) is 0.784. The van der Waals surface area contributed by atoms with Gasteiger partial charge in [-0.3, -0.25) is 0 Å². The van der Waals surface area contributed by atoms with E-state index in [4.69, 9.17) is 20.8 Å². The van der Waals surface area contributed by atoms with Crippen LogP contribution in [-0.4, -0.2) is 31.3 Å². The highest BCUT2D eigenvalue weighted by molar-refractivity contribution is 6.16. The Hall–Kier alpha value is -0.740. The molecule has 14 heavy (non-hydrogen) atoms. The molecule has 4 nitrogen and oxygen atoms in total. The summed E-state index contributed by atoms with van der Waals surface area (Å²) in [6, 6.07) is 0.658. The van der Waals surface area contributed by atoms with E-state index in [1.807, 2.05) is 0 Å². The van der Waals surface area contributed by atoms with Gasteiger partial charge in [-0.25, -0.2) is 0 Å². The van der Waals surface area contributed by atoms with Crippen molar-refractivity contribution in [3.05, 3.63) is 12.0 Å². The Bertz CT molecular complexity index is 282. The van der Waals surface area contributed by atoms with E-state index in [9.17, 15) is 0 Å². The number of anilines is 1. The number of hydrogen-bond acceptors (Lipinski definition) is 4. The monoisotopic (exact) mass is 216 g/mol. The van der Waals surface area contributed by atoms with Gasteiger partial charge in [-0.2, -0.15) is 4.98 Å². The first-order valence-electron chi connectivity index (χ1n) is 4.73. The summed E-state index contributed by atoms with van der Waals surface area (Å²) in [6.07, 6.45) is 2.62. The van der Waals surface area contributed by atoms with Crippen LogP contribution in [-0.2, 0) is 10.6 Å². The highest BCUT2D eigenvalue weighted by atomic mass is 35.5. The smallest absolute Gasteiger partial charge is 0.297 e. The molecule has 0 aliphatic carbocycles. The van der Waals surface area contributed by atoms with Gasteiger partial charge in [0.15, 0.2) is 0 Å². The second-order valence-electron chi connectivity index (χ2n) is 3.21. The van der Waals surface area contributed by atoms with Crippen LogP contribution >= 0.6 is 11.6 Å². The lowest BCUT2D eigenvalue weighted by molar-refractivity contribution is 0.152. The fourth-order valence-corrected chi connectivity index (χ4v) is 1.56. The van der Waals surface area contributed by atoms with Crippen molar-refractivity contribution in [3.63, 3.8) is 0 Å². The van der Waals surface area contributed by atoms with Crippen molar-refractivity contribution in [3.8, 4) is 0 Å². The number of ether oxygens (including phenoxy) is 1. The number of halogens is 1. The molecule has 5 heteroatoms. The third-order valence-electron chi connectivity index (χ3n) is 2.17. The second kappa shape index (κ2) is 4.66. The molecule has 0 spiro atoms. The molecule has 0 aromatic carbocycles. The Balaban J connectivity index is 2.04. The molecule has 1 aromatic rings. The molecule has 0 amide bonds. The molecule has 1 aromatic heterocycles. The average molecular weight is 217 g/mol. The van der Waals surface area contributed by atoms with Crippen molar-refractivity contribution in [2.75, 3.05) is 31.2 Å². The van der Waals surface area contributed by atoms with Crippen LogP contribution in [0.4, 0.5) is 6.01 Å². The van der Waals surface area contributed by atoms with Crippen LogP contribution in [0, 0.1) is 0 Å². The molecule has 0 saturated carbocycles. The first kappa shape index (κ1) is 9.80. The van der Waals surface area contributed by atoms with E-state index >= 15 is 0 Å². The molecule has 2 heterocycles. The zero-order valence-corrected chi connectivity index (χ0v) is 8.66. The predicted octanol–water partition coefficient (Wildman–Crippen LogP) is 1.64. The highest BCUT2D eigenvalue weighted by Gasteiger charge is 2.14. The third kappa shape index (κ3) is 2.19. The lowest BCUT2D eigenvalue weighted by Gasteiger charge is -2.15. The minimum atomic E-state index is 0.397. The zero-order chi connectivity index (χ0) is 9.80. The van der Waals surface area contributed by atoms with Crippen molar-refractivity contribution in [2.45, 2.75) is 12.3 Å². The molecule has 1 aliphatic heterocycles. The zero-order valence-electron chi connectivity index (χ0n) is 7.91. The molecule has 0 N–H and O–H groups in total. The normalized spacial score (nSPS) is 18.2. The number of hydrogen-bond donors (Lipinski definition) is 0. The van der Waals surface area contributed by atoms with E-state index in [1.54, 1.807) is 6.26 Å². The van der Waals surface area contributed by atoms with Gasteiger partial charge < -0.3 is 14.1 Å². The maximum absolute atomic E-state index is 5.65. The summed E-state index contributed by atoms with van der Waals surface area (Å²) in [4.78, 5) is 6.35. The molecule has 0 bridgehead atoms. The molecular weight excluding hydrogens is 204 g/mol. The maximum atomic E-state index is 5.65. The number of nitrogens with zero attached hydrogens (tertiary/aromatic N) is 2. The van der Waals surface area contributed by atoms with E-state index in [0.717, 1.165) is 38.4 Å².